The highest BCUT2D eigenvalue weighted by Gasteiger charge is 2.38. The number of ketones is 1. The van der Waals surface area contributed by atoms with Crippen LogP contribution in [0.25, 0.3) is 0 Å². The van der Waals surface area contributed by atoms with Crippen LogP contribution < -0.4 is 0 Å². The Morgan fingerprint density at radius 1 is 0.722 bits per heavy atom. The molecular formula is C9H18O9. The van der Waals surface area contributed by atoms with E-state index in [-0.39, 0.29) is 0 Å². The third-order valence-electron chi connectivity index (χ3n) is 2.39. The Balaban J connectivity index is 4.63. The first-order valence-electron chi connectivity index (χ1n) is 5.11. The van der Waals surface area contributed by atoms with Gasteiger partial charge in [0.05, 0.1) is 13.2 Å². The average molecular weight is 270 g/mol. The van der Waals surface area contributed by atoms with Gasteiger partial charge < -0.3 is 40.9 Å². The maximum atomic E-state index is 11.4. The molecule has 9 heteroatoms. The molecule has 0 aliphatic carbocycles. The van der Waals surface area contributed by atoms with E-state index in [0.29, 0.717) is 0 Å². The molecule has 0 aliphatic rings. The molecule has 0 spiro atoms. The van der Waals surface area contributed by atoms with Gasteiger partial charge in [-0.2, -0.15) is 0 Å². The van der Waals surface area contributed by atoms with Crippen molar-refractivity contribution in [3.63, 3.8) is 0 Å². The van der Waals surface area contributed by atoms with Crippen LogP contribution in [-0.4, -0.2) is 96.5 Å². The number of hydrogen-bond acceptors (Lipinski definition) is 9. The van der Waals surface area contributed by atoms with Gasteiger partial charge in [-0.3, -0.25) is 4.79 Å². The summed E-state index contributed by atoms with van der Waals surface area (Å²) in [4.78, 5) is 11.4. The molecule has 6 atom stereocenters. The van der Waals surface area contributed by atoms with Gasteiger partial charge in [0.25, 0.3) is 0 Å². The first kappa shape index (κ1) is 17.4. The van der Waals surface area contributed by atoms with Gasteiger partial charge in [0.2, 0.25) is 0 Å². The summed E-state index contributed by atoms with van der Waals surface area (Å²) in [6, 6.07) is 0. The van der Waals surface area contributed by atoms with Crippen molar-refractivity contribution in [1.29, 1.82) is 0 Å². The van der Waals surface area contributed by atoms with Crippen LogP contribution in [0.1, 0.15) is 0 Å². The van der Waals surface area contributed by atoms with E-state index in [4.69, 9.17) is 20.4 Å². The number of carbonyl (C=O) groups excluding carboxylic acids is 1. The molecule has 108 valence electrons. The van der Waals surface area contributed by atoms with Crippen molar-refractivity contribution in [2.45, 2.75) is 36.6 Å². The Bertz CT molecular complexity index is 234. The highest BCUT2D eigenvalue weighted by atomic mass is 16.4. The number of Topliss-reactive ketones (excluding diaryl/α,β-unsaturated/α-hetero) is 1. The Hall–Kier alpha value is -0.650. The fraction of sp³-hybridized carbons (Fsp3) is 0.889. The number of aliphatic hydroxyl groups is 8. The second-order valence-corrected chi connectivity index (χ2v) is 3.77. The van der Waals surface area contributed by atoms with Crippen LogP contribution >= 0.6 is 0 Å². The second kappa shape index (κ2) is 7.71. The summed E-state index contributed by atoms with van der Waals surface area (Å²) in [5, 5.41) is 71.9. The molecule has 0 bridgehead atoms. The van der Waals surface area contributed by atoms with Crippen LogP contribution in [0.3, 0.4) is 0 Å². The van der Waals surface area contributed by atoms with Crippen molar-refractivity contribution in [2.24, 2.45) is 0 Å². The molecular weight excluding hydrogens is 252 g/mol. The Kier molecular flexibility index (Phi) is 7.43. The van der Waals surface area contributed by atoms with Gasteiger partial charge in [0.15, 0.2) is 5.78 Å². The van der Waals surface area contributed by atoms with Gasteiger partial charge in [0.1, 0.15) is 36.6 Å². The summed E-state index contributed by atoms with van der Waals surface area (Å²) in [5.74, 6) is -1.46. The summed E-state index contributed by atoms with van der Waals surface area (Å²) in [5.41, 5.74) is 0. The minimum atomic E-state index is -2.26. The van der Waals surface area contributed by atoms with Crippen LogP contribution in [-0.2, 0) is 4.79 Å². The van der Waals surface area contributed by atoms with Crippen molar-refractivity contribution >= 4 is 5.78 Å². The zero-order chi connectivity index (χ0) is 14.5. The molecule has 8 N–H and O–H groups in total. The molecule has 0 radical (unpaired) electrons. The van der Waals surface area contributed by atoms with Gasteiger partial charge in [-0.05, 0) is 0 Å². The maximum Gasteiger partial charge on any atom is 0.195 e. The zero-order valence-corrected chi connectivity index (χ0v) is 9.36. The summed E-state index contributed by atoms with van der Waals surface area (Å²) in [7, 11) is 0. The van der Waals surface area contributed by atoms with Crippen LogP contribution in [0, 0.1) is 0 Å². The lowest BCUT2D eigenvalue weighted by atomic mass is 9.96. The molecule has 0 aromatic heterocycles. The predicted octanol–water partition coefficient (Wildman–Crippen LogP) is -5.29. The van der Waals surface area contributed by atoms with E-state index in [1.807, 2.05) is 0 Å². The molecule has 0 fully saturated rings. The zero-order valence-electron chi connectivity index (χ0n) is 9.36. The van der Waals surface area contributed by atoms with Crippen molar-refractivity contribution < 1.29 is 45.6 Å². The quantitative estimate of drug-likeness (QED) is 0.214. The van der Waals surface area contributed by atoms with Crippen molar-refractivity contribution in [3.05, 3.63) is 0 Å². The molecule has 9 nitrogen and oxygen atoms in total. The van der Waals surface area contributed by atoms with E-state index in [1.54, 1.807) is 0 Å². The van der Waals surface area contributed by atoms with Crippen molar-refractivity contribution in [1.82, 2.24) is 0 Å². The van der Waals surface area contributed by atoms with Gasteiger partial charge in [0, 0.05) is 0 Å². The van der Waals surface area contributed by atoms with Crippen LogP contribution in [0.2, 0.25) is 0 Å². The third kappa shape index (κ3) is 4.23. The average Bonchev–Trinajstić information content (AvgIpc) is 2.40. The largest absolute Gasteiger partial charge is 0.394 e. The van der Waals surface area contributed by atoms with Crippen molar-refractivity contribution in [3.8, 4) is 0 Å². The lowest BCUT2D eigenvalue weighted by Crippen LogP contribution is -2.52. The minimum absolute atomic E-state index is 0.927. The fourth-order valence-electron chi connectivity index (χ4n) is 1.15. The van der Waals surface area contributed by atoms with Gasteiger partial charge in [-0.15, -0.1) is 0 Å². The first-order valence-corrected chi connectivity index (χ1v) is 5.11. The molecule has 0 rings (SSSR count). The monoisotopic (exact) mass is 270 g/mol. The van der Waals surface area contributed by atoms with Gasteiger partial charge >= 0.3 is 0 Å². The summed E-state index contributed by atoms with van der Waals surface area (Å²) >= 11 is 0. The first-order chi connectivity index (χ1) is 8.27. The molecule has 18 heavy (non-hydrogen) atoms. The topological polar surface area (TPSA) is 179 Å². The lowest BCUT2D eigenvalue weighted by molar-refractivity contribution is -0.159. The highest BCUT2D eigenvalue weighted by Crippen LogP contribution is 2.08. The summed E-state index contributed by atoms with van der Waals surface area (Å²) < 4.78 is 0. The van der Waals surface area contributed by atoms with E-state index in [0.717, 1.165) is 0 Å². The Morgan fingerprint density at radius 3 is 1.22 bits per heavy atom. The third-order valence-corrected chi connectivity index (χ3v) is 2.39. The Morgan fingerprint density at radius 2 is 1.00 bits per heavy atom. The molecule has 0 aromatic rings. The SMILES string of the molecule is O=C([C@@H](O)[C@@H](O)[C@H](O)CO)[C@@H](O)[C@@H](O)[C@H](O)CO. The summed E-state index contributed by atoms with van der Waals surface area (Å²) in [6.45, 7) is -1.85. The number of rotatable bonds is 8. The molecule has 0 heterocycles. The minimum Gasteiger partial charge on any atom is -0.394 e. The highest BCUT2D eigenvalue weighted by molar-refractivity contribution is 5.88. The van der Waals surface area contributed by atoms with Crippen molar-refractivity contribution in [2.75, 3.05) is 13.2 Å². The smallest absolute Gasteiger partial charge is 0.195 e. The maximum absolute atomic E-state index is 11.4. The van der Waals surface area contributed by atoms with Crippen LogP contribution in [0.5, 0.6) is 0 Å². The van der Waals surface area contributed by atoms with E-state index < -0.39 is 55.6 Å². The van der Waals surface area contributed by atoms with E-state index in [1.165, 1.54) is 0 Å². The van der Waals surface area contributed by atoms with Crippen LogP contribution in [0.4, 0.5) is 0 Å². The Labute approximate surface area is 102 Å². The predicted molar refractivity (Wildman–Crippen MR) is 55.2 cm³/mol. The number of aliphatic hydroxyl groups excluding tert-OH is 8. The molecule has 0 unspecified atom stereocenters. The van der Waals surface area contributed by atoms with Crippen LogP contribution in [0.15, 0.2) is 0 Å². The molecule has 0 saturated heterocycles. The van der Waals surface area contributed by atoms with E-state index >= 15 is 0 Å². The number of carbonyl (C=O) groups is 1. The lowest BCUT2D eigenvalue weighted by Gasteiger charge is -2.25. The van der Waals surface area contributed by atoms with Gasteiger partial charge in [-0.1, -0.05) is 0 Å². The molecule has 0 saturated carbocycles. The number of hydrogen-bond donors (Lipinski definition) is 8. The normalized spacial score (nSPS) is 21.8. The summed E-state index contributed by atoms with van der Waals surface area (Å²) in [6.07, 6.45) is -12.3. The molecule has 0 aromatic carbocycles. The molecule has 0 amide bonds. The van der Waals surface area contributed by atoms with E-state index in [2.05, 4.69) is 0 Å². The van der Waals surface area contributed by atoms with Gasteiger partial charge in [-0.25, -0.2) is 0 Å². The van der Waals surface area contributed by atoms with E-state index in [9.17, 15) is 25.2 Å². The standard InChI is InChI=1S/C9H18O9/c10-1-3(12)5(14)7(16)9(18)8(17)6(15)4(13)2-11/h3-8,10-17H,1-2H2/t3-,4-,5+,6+,7+,8+/m1/s1. The second-order valence-electron chi connectivity index (χ2n) is 3.77. The molecule has 0 aliphatic heterocycles. The fourth-order valence-corrected chi connectivity index (χ4v) is 1.15.